The van der Waals surface area contributed by atoms with Gasteiger partial charge >= 0.3 is 5.97 Å². The minimum atomic E-state index is -0.802. The predicted octanol–water partition coefficient (Wildman–Crippen LogP) is 2.16. The standard InChI is InChI=1S/C27H35N5O5/c1-4-37-27(36)21-7-5-12-31(17-21)25(34)19(3)28-24(33)22-15-23-26(35)30(13-6-14-32(23)29-22)16-20-10-8-18(2)9-11-20/h8-11,15,19,21H,4-7,12-14,16-17H2,1-3H3,(H,28,33)/t19-,21+/m1/s1. The summed E-state index contributed by atoms with van der Waals surface area (Å²) in [5, 5.41) is 7.08. The number of rotatable bonds is 7. The number of benzene rings is 1. The fourth-order valence-electron chi connectivity index (χ4n) is 4.85. The van der Waals surface area contributed by atoms with Crippen LogP contribution in [0.5, 0.6) is 0 Å². The molecule has 0 spiro atoms. The highest BCUT2D eigenvalue weighted by Gasteiger charge is 2.32. The molecule has 10 heteroatoms. The Kier molecular flexibility index (Phi) is 8.25. The van der Waals surface area contributed by atoms with Crippen molar-refractivity contribution in [2.24, 2.45) is 5.92 Å². The number of ether oxygens (including phenoxy) is 1. The van der Waals surface area contributed by atoms with E-state index in [1.807, 2.05) is 31.2 Å². The van der Waals surface area contributed by atoms with Crippen molar-refractivity contribution < 1.29 is 23.9 Å². The Labute approximate surface area is 216 Å². The van der Waals surface area contributed by atoms with Crippen LogP contribution in [0.3, 0.4) is 0 Å². The summed E-state index contributed by atoms with van der Waals surface area (Å²) in [5.74, 6) is -1.59. The Bertz CT molecular complexity index is 1160. The molecule has 4 rings (SSSR count). The molecule has 2 aliphatic heterocycles. The van der Waals surface area contributed by atoms with Crippen LogP contribution in [-0.4, -0.2) is 75.6 Å². The first-order valence-electron chi connectivity index (χ1n) is 13.0. The molecule has 0 unspecified atom stereocenters. The van der Waals surface area contributed by atoms with Gasteiger partial charge in [-0.2, -0.15) is 5.10 Å². The van der Waals surface area contributed by atoms with Gasteiger partial charge in [0.15, 0.2) is 5.69 Å². The number of aromatic nitrogens is 2. The van der Waals surface area contributed by atoms with Gasteiger partial charge in [-0.3, -0.25) is 23.9 Å². The van der Waals surface area contributed by atoms with E-state index in [1.54, 1.807) is 28.3 Å². The third kappa shape index (κ3) is 6.18. The number of piperidine rings is 1. The van der Waals surface area contributed by atoms with Crippen LogP contribution in [-0.2, 0) is 27.4 Å². The third-order valence-electron chi connectivity index (χ3n) is 6.88. The second kappa shape index (κ2) is 11.6. The maximum atomic E-state index is 13.2. The van der Waals surface area contributed by atoms with E-state index in [0.29, 0.717) is 51.3 Å². The van der Waals surface area contributed by atoms with Gasteiger partial charge in [-0.15, -0.1) is 0 Å². The fourth-order valence-corrected chi connectivity index (χ4v) is 4.85. The number of hydrogen-bond acceptors (Lipinski definition) is 6. The SMILES string of the molecule is CCOC(=O)[C@H]1CCCN(C(=O)[C@@H](C)NC(=O)c2cc3n(n2)CCCN(Cc2ccc(C)cc2)C3=O)C1. The lowest BCUT2D eigenvalue weighted by atomic mass is 9.97. The van der Waals surface area contributed by atoms with Crippen molar-refractivity contribution in [2.75, 3.05) is 26.2 Å². The lowest BCUT2D eigenvalue weighted by Crippen LogP contribution is -2.51. The number of carbonyl (C=O) groups excluding carboxylic acids is 4. The molecule has 3 amide bonds. The van der Waals surface area contributed by atoms with Crippen LogP contribution in [0.25, 0.3) is 0 Å². The van der Waals surface area contributed by atoms with Gasteiger partial charge < -0.3 is 19.9 Å². The Morgan fingerprint density at radius 3 is 2.62 bits per heavy atom. The number of fused-ring (bicyclic) bond motifs is 1. The molecule has 0 saturated carbocycles. The molecule has 2 aromatic rings. The van der Waals surface area contributed by atoms with Gasteiger partial charge in [0, 0.05) is 38.8 Å². The molecule has 1 aromatic carbocycles. The summed E-state index contributed by atoms with van der Waals surface area (Å²) in [7, 11) is 0. The Morgan fingerprint density at radius 1 is 1.14 bits per heavy atom. The highest BCUT2D eigenvalue weighted by atomic mass is 16.5. The normalized spacial score (nSPS) is 18.6. The average molecular weight is 510 g/mol. The second-order valence-corrected chi connectivity index (χ2v) is 9.77. The number of nitrogens with zero attached hydrogens (tertiary/aromatic N) is 4. The number of amides is 3. The van der Waals surface area contributed by atoms with E-state index in [2.05, 4.69) is 10.4 Å². The van der Waals surface area contributed by atoms with Crippen LogP contribution in [0.2, 0.25) is 0 Å². The second-order valence-electron chi connectivity index (χ2n) is 9.77. The molecule has 1 saturated heterocycles. The van der Waals surface area contributed by atoms with Gasteiger partial charge in [0.1, 0.15) is 11.7 Å². The summed E-state index contributed by atoms with van der Waals surface area (Å²) in [5.41, 5.74) is 2.66. The quantitative estimate of drug-likeness (QED) is 0.572. The highest BCUT2D eigenvalue weighted by molar-refractivity contribution is 5.99. The summed E-state index contributed by atoms with van der Waals surface area (Å²) >= 11 is 0. The van der Waals surface area contributed by atoms with Crippen molar-refractivity contribution >= 4 is 23.7 Å². The molecule has 0 bridgehead atoms. The molecular weight excluding hydrogens is 474 g/mol. The van der Waals surface area contributed by atoms with Crippen LogP contribution in [0, 0.1) is 12.8 Å². The van der Waals surface area contributed by atoms with Gasteiger partial charge in [-0.25, -0.2) is 0 Å². The zero-order chi connectivity index (χ0) is 26.5. The van der Waals surface area contributed by atoms with Crippen LogP contribution >= 0.6 is 0 Å². The molecule has 1 N–H and O–H groups in total. The van der Waals surface area contributed by atoms with Crippen molar-refractivity contribution in [1.82, 2.24) is 24.9 Å². The number of nitrogens with one attached hydrogen (secondary N) is 1. The lowest BCUT2D eigenvalue weighted by Gasteiger charge is -2.33. The molecule has 37 heavy (non-hydrogen) atoms. The summed E-state index contributed by atoms with van der Waals surface area (Å²) in [6, 6.07) is 8.77. The first-order chi connectivity index (χ1) is 17.8. The largest absolute Gasteiger partial charge is 0.466 e. The lowest BCUT2D eigenvalue weighted by molar-refractivity contribution is -0.151. The number of hydrogen-bond donors (Lipinski definition) is 1. The van der Waals surface area contributed by atoms with Gasteiger partial charge in [0.2, 0.25) is 5.91 Å². The summed E-state index contributed by atoms with van der Waals surface area (Å²) in [4.78, 5) is 54.7. The Hall–Kier alpha value is -3.69. The van der Waals surface area contributed by atoms with Crippen LogP contribution < -0.4 is 5.32 Å². The van der Waals surface area contributed by atoms with Crippen molar-refractivity contribution in [3.8, 4) is 0 Å². The van der Waals surface area contributed by atoms with Crippen molar-refractivity contribution in [2.45, 2.75) is 59.2 Å². The van der Waals surface area contributed by atoms with Gasteiger partial charge in [0.05, 0.1) is 12.5 Å². The molecule has 1 fully saturated rings. The molecular formula is C27H35N5O5. The van der Waals surface area contributed by atoms with E-state index in [9.17, 15) is 19.2 Å². The smallest absolute Gasteiger partial charge is 0.310 e. The topological polar surface area (TPSA) is 114 Å². The Balaban J connectivity index is 1.39. The van der Waals surface area contributed by atoms with Crippen molar-refractivity contribution in [1.29, 1.82) is 0 Å². The third-order valence-corrected chi connectivity index (χ3v) is 6.88. The number of esters is 1. The van der Waals surface area contributed by atoms with E-state index < -0.39 is 11.9 Å². The van der Waals surface area contributed by atoms with E-state index in [1.165, 1.54) is 6.07 Å². The maximum absolute atomic E-state index is 13.2. The predicted molar refractivity (Wildman–Crippen MR) is 136 cm³/mol. The van der Waals surface area contributed by atoms with Gasteiger partial charge in [0.25, 0.3) is 11.8 Å². The van der Waals surface area contributed by atoms with Crippen molar-refractivity contribution in [3.63, 3.8) is 0 Å². The van der Waals surface area contributed by atoms with Gasteiger partial charge in [-0.1, -0.05) is 29.8 Å². The van der Waals surface area contributed by atoms with E-state index in [4.69, 9.17) is 4.74 Å². The molecule has 2 atom stereocenters. The van der Waals surface area contributed by atoms with E-state index >= 15 is 0 Å². The molecule has 10 nitrogen and oxygen atoms in total. The van der Waals surface area contributed by atoms with Gasteiger partial charge in [-0.05, 0) is 45.6 Å². The maximum Gasteiger partial charge on any atom is 0.310 e. The number of carbonyl (C=O) groups is 4. The average Bonchev–Trinajstić information content (AvgIpc) is 3.27. The molecule has 2 aliphatic rings. The van der Waals surface area contributed by atoms with Crippen molar-refractivity contribution in [3.05, 3.63) is 52.8 Å². The Morgan fingerprint density at radius 2 is 1.89 bits per heavy atom. The highest BCUT2D eigenvalue weighted by Crippen LogP contribution is 2.20. The molecule has 3 heterocycles. The molecule has 198 valence electrons. The number of likely N-dealkylation sites (tertiary alicyclic amines) is 1. The molecule has 0 aliphatic carbocycles. The van der Waals surface area contributed by atoms with Crippen LogP contribution in [0.4, 0.5) is 0 Å². The molecule has 1 aromatic heterocycles. The zero-order valence-corrected chi connectivity index (χ0v) is 21.7. The fraction of sp³-hybridized carbons (Fsp3) is 0.519. The summed E-state index contributed by atoms with van der Waals surface area (Å²) < 4.78 is 6.68. The van der Waals surface area contributed by atoms with E-state index in [-0.39, 0.29) is 35.9 Å². The van der Waals surface area contributed by atoms with Crippen LogP contribution in [0.1, 0.15) is 65.2 Å². The minimum Gasteiger partial charge on any atom is -0.466 e. The monoisotopic (exact) mass is 509 g/mol. The van der Waals surface area contributed by atoms with E-state index in [0.717, 1.165) is 17.5 Å². The minimum absolute atomic E-state index is 0.100. The first-order valence-corrected chi connectivity index (χ1v) is 13.0. The molecule has 0 radical (unpaired) electrons. The first kappa shape index (κ1) is 26.4. The summed E-state index contributed by atoms with van der Waals surface area (Å²) in [6.45, 7) is 8.11. The zero-order valence-electron chi connectivity index (χ0n) is 21.7. The van der Waals surface area contributed by atoms with Crippen LogP contribution in [0.15, 0.2) is 30.3 Å². The number of aryl methyl sites for hydroxylation is 2. The summed E-state index contributed by atoms with van der Waals surface area (Å²) in [6.07, 6.45) is 2.10.